The maximum Gasteiger partial charge on any atom is 0.269 e. The first-order valence-corrected chi connectivity index (χ1v) is 14.1. The number of nitrogens with zero attached hydrogens (tertiary/aromatic N) is 2. The first-order chi connectivity index (χ1) is 18.3. The lowest BCUT2D eigenvalue weighted by Gasteiger charge is -2.32. The van der Waals surface area contributed by atoms with Gasteiger partial charge in [-0.3, -0.25) is 4.79 Å². The number of likely N-dealkylation sites (tertiary alicyclic amines) is 1. The standard InChI is InChI=1S/C30H42ClN3O4/c1-20(2)27-24-18-23(22-8-10-34(11-9-22)12-13-37-16-17-38-15-14-36-5)6-7-26(24)32-29(27)25-19-33(4)30(35)28(31)21(25)3/h6-7,18-20,22,32H,8-17H2,1-5H3. The number of hydrogen-bond acceptors (Lipinski definition) is 5. The smallest absolute Gasteiger partial charge is 0.269 e. The molecule has 4 rings (SSSR count). The van der Waals surface area contributed by atoms with Crippen LogP contribution < -0.4 is 5.56 Å². The summed E-state index contributed by atoms with van der Waals surface area (Å²) in [6.45, 7) is 12.7. The lowest BCUT2D eigenvalue weighted by molar-refractivity contribution is 0.0180. The minimum Gasteiger partial charge on any atom is -0.382 e. The van der Waals surface area contributed by atoms with Gasteiger partial charge in [0.2, 0.25) is 0 Å². The molecule has 0 aliphatic carbocycles. The second kappa shape index (κ2) is 13.3. The summed E-state index contributed by atoms with van der Waals surface area (Å²) < 4.78 is 17.7. The normalized spacial score (nSPS) is 15.2. The molecular weight excluding hydrogens is 502 g/mol. The van der Waals surface area contributed by atoms with Gasteiger partial charge in [0.1, 0.15) is 5.02 Å². The van der Waals surface area contributed by atoms with E-state index < -0.39 is 0 Å². The highest BCUT2D eigenvalue weighted by molar-refractivity contribution is 6.31. The lowest BCUT2D eigenvalue weighted by Crippen LogP contribution is -2.35. The number of aromatic nitrogens is 2. The SMILES string of the molecule is COCCOCCOCCN1CCC(c2ccc3[nH]c(-c4cn(C)c(=O)c(Cl)c4C)c(C(C)C)c3c2)CC1. The Morgan fingerprint density at radius 1 is 1.08 bits per heavy atom. The number of ether oxygens (including phenoxy) is 3. The Kier molecular flexibility index (Phi) is 10.1. The van der Waals surface area contributed by atoms with Crippen molar-refractivity contribution >= 4 is 22.5 Å². The number of fused-ring (bicyclic) bond motifs is 1. The monoisotopic (exact) mass is 543 g/mol. The van der Waals surface area contributed by atoms with E-state index >= 15 is 0 Å². The predicted octanol–water partition coefficient (Wildman–Crippen LogP) is 5.48. The summed E-state index contributed by atoms with van der Waals surface area (Å²) in [6, 6.07) is 6.88. The molecule has 0 unspecified atom stereocenters. The molecule has 8 heteroatoms. The summed E-state index contributed by atoms with van der Waals surface area (Å²) in [7, 11) is 3.43. The van der Waals surface area contributed by atoms with Crippen LogP contribution in [0, 0.1) is 6.92 Å². The Labute approximate surface area is 231 Å². The second-order valence-corrected chi connectivity index (χ2v) is 11.0. The Balaban J connectivity index is 1.43. The van der Waals surface area contributed by atoms with Crippen LogP contribution in [-0.2, 0) is 21.3 Å². The zero-order valence-electron chi connectivity index (χ0n) is 23.4. The molecule has 0 saturated carbocycles. The van der Waals surface area contributed by atoms with E-state index in [-0.39, 0.29) is 10.6 Å². The molecule has 1 saturated heterocycles. The maximum absolute atomic E-state index is 12.3. The summed E-state index contributed by atoms with van der Waals surface area (Å²) in [6.07, 6.45) is 4.19. The van der Waals surface area contributed by atoms with Gasteiger partial charge < -0.3 is 28.7 Å². The van der Waals surface area contributed by atoms with E-state index in [0.29, 0.717) is 38.3 Å². The van der Waals surface area contributed by atoms with Crippen molar-refractivity contribution in [3.8, 4) is 11.3 Å². The molecule has 1 fully saturated rings. The third-order valence-electron chi connectivity index (χ3n) is 7.69. The number of halogens is 1. The largest absolute Gasteiger partial charge is 0.382 e. The van der Waals surface area contributed by atoms with E-state index in [4.69, 9.17) is 25.8 Å². The molecule has 3 aromatic rings. The summed E-state index contributed by atoms with van der Waals surface area (Å²) >= 11 is 6.41. The third kappa shape index (κ3) is 6.52. The minimum atomic E-state index is -0.165. The molecular formula is C30H42ClN3O4. The number of aryl methyl sites for hydroxylation is 1. The lowest BCUT2D eigenvalue weighted by atomic mass is 9.87. The molecule has 208 valence electrons. The molecule has 0 atom stereocenters. The Morgan fingerprint density at radius 3 is 2.45 bits per heavy atom. The van der Waals surface area contributed by atoms with Gasteiger partial charge in [0.15, 0.2) is 0 Å². The fourth-order valence-corrected chi connectivity index (χ4v) is 5.71. The number of benzene rings is 1. The summed E-state index contributed by atoms with van der Waals surface area (Å²) in [5, 5.41) is 1.55. The van der Waals surface area contributed by atoms with Gasteiger partial charge in [0, 0.05) is 43.4 Å². The van der Waals surface area contributed by atoms with Crippen molar-refractivity contribution in [2.45, 2.75) is 45.4 Å². The Bertz CT molecular complexity index is 1270. The average Bonchev–Trinajstić information content (AvgIpc) is 3.30. The van der Waals surface area contributed by atoms with Crippen LogP contribution in [0.15, 0.2) is 29.2 Å². The number of hydrogen-bond donors (Lipinski definition) is 1. The van der Waals surface area contributed by atoms with Crippen molar-refractivity contribution in [1.82, 2.24) is 14.5 Å². The van der Waals surface area contributed by atoms with Gasteiger partial charge in [-0.2, -0.15) is 0 Å². The molecule has 1 aromatic carbocycles. The quantitative estimate of drug-likeness (QED) is 0.306. The molecule has 0 radical (unpaired) electrons. The highest BCUT2D eigenvalue weighted by atomic mass is 35.5. The molecule has 3 heterocycles. The van der Waals surface area contributed by atoms with Gasteiger partial charge in [0.05, 0.1) is 38.7 Å². The number of nitrogens with one attached hydrogen (secondary N) is 1. The Hall–Kier alpha value is -2.16. The van der Waals surface area contributed by atoms with E-state index in [1.807, 2.05) is 13.1 Å². The second-order valence-electron chi connectivity index (χ2n) is 10.6. The zero-order chi connectivity index (χ0) is 27.2. The van der Waals surface area contributed by atoms with Crippen molar-refractivity contribution in [2.75, 3.05) is 59.8 Å². The van der Waals surface area contributed by atoms with Crippen molar-refractivity contribution in [2.24, 2.45) is 7.05 Å². The highest BCUT2D eigenvalue weighted by Gasteiger charge is 2.24. The van der Waals surface area contributed by atoms with Gasteiger partial charge in [-0.1, -0.05) is 31.5 Å². The average molecular weight is 544 g/mol. The number of pyridine rings is 1. The molecule has 7 nitrogen and oxygen atoms in total. The molecule has 0 amide bonds. The summed E-state index contributed by atoms with van der Waals surface area (Å²) in [5.74, 6) is 0.870. The number of rotatable bonds is 12. The molecule has 1 aliphatic heterocycles. The molecule has 2 aromatic heterocycles. The van der Waals surface area contributed by atoms with Crippen molar-refractivity contribution in [3.05, 3.63) is 56.5 Å². The maximum atomic E-state index is 12.3. The van der Waals surface area contributed by atoms with Crippen molar-refractivity contribution in [1.29, 1.82) is 0 Å². The Morgan fingerprint density at radius 2 is 1.76 bits per heavy atom. The molecule has 1 aliphatic rings. The first-order valence-electron chi connectivity index (χ1n) is 13.7. The van der Waals surface area contributed by atoms with E-state index in [1.165, 1.54) is 16.5 Å². The van der Waals surface area contributed by atoms with Crippen LogP contribution in [0.2, 0.25) is 5.02 Å². The van der Waals surface area contributed by atoms with Gasteiger partial charge in [0.25, 0.3) is 5.56 Å². The minimum absolute atomic E-state index is 0.165. The van der Waals surface area contributed by atoms with E-state index in [0.717, 1.165) is 61.4 Å². The van der Waals surface area contributed by atoms with Crippen LogP contribution in [-0.4, -0.2) is 74.2 Å². The summed E-state index contributed by atoms with van der Waals surface area (Å²) in [5.41, 5.74) is 6.50. The van der Waals surface area contributed by atoms with Gasteiger partial charge in [-0.25, -0.2) is 0 Å². The highest BCUT2D eigenvalue weighted by Crippen LogP contribution is 2.39. The van der Waals surface area contributed by atoms with Crippen LogP contribution in [0.1, 0.15) is 55.2 Å². The van der Waals surface area contributed by atoms with E-state index in [2.05, 4.69) is 41.9 Å². The van der Waals surface area contributed by atoms with E-state index in [1.54, 1.807) is 18.7 Å². The number of H-pyrrole nitrogens is 1. The van der Waals surface area contributed by atoms with E-state index in [9.17, 15) is 4.79 Å². The topological polar surface area (TPSA) is 68.7 Å². The van der Waals surface area contributed by atoms with Crippen LogP contribution >= 0.6 is 11.6 Å². The molecule has 0 bridgehead atoms. The van der Waals surface area contributed by atoms with Crippen molar-refractivity contribution in [3.63, 3.8) is 0 Å². The first kappa shape index (κ1) is 28.8. The van der Waals surface area contributed by atoms with Crippen LogP contribution in [0.25, 0.3) is 22.2 Å². The zero-order valence-corrected chi connectivity index (χ0v) is 24.2. The third-order valence-corrected chi connectivity index (χ3v) is 8.13. The predicted molar refractivity (Wildman–Crippen MR) is 155 cm³/mol. The molecule has 1 N–H and O–H groups in total. The van der Waals surface area contributed by atoms with Crippen LogP contribution in [0.3, 0.4) is 0 Å². The molecule has 38 heavy (non-hydrogen) atoms. The number of piperidine rings is 1. The van der Waals surface area contributed by atoms with Crippen LogP contribution in [0.4, 0.5) is 0 Å². The van der Waals surface area contributed by atoms with Gasteiger partial charge in [-0.15, -0.1) is 0 Å². The molecule has 0 spiro atoms. The number of methoxy groups -OCH3 is 1. The van der Waals surface area contributed by atoms with Crippen molar-refractivity contribution < 1.29 is 14.2 Å². The van der Waals surface area contributed by atoms with Gasteiger partial charge >= 0.3 is 0 Å². The van der Waals surface area contributed by atoms with Gasteiger partial charge in [-0.05, 0) is 73.5 Å². The van der Waals surface area contributed by atoms with Crippen LogP contribution in [0.5, 0.6) is 0 Å². The number of aromatic amines is 1. The summed E-state index contributed by atoms with van der Waals surface area (Å²) in [4.78, 5) is 18.5. The fraction of sp³-hybridized carbons (Fsp3) is 0.567. The fourth-order valence-electron chi connectivity index (χ4n) is 5.48.